The zero-order valence-corrected chi connectivity index (χ0v) is 29.1. The largest absolute Gasteiger partial charge is 0.366 e. The number of fused-ring (bicyclic) bond motifs is 2. The summed E-state index contributed by atoms with van der Waals surface area (Å²) in [5, 5.41) is 15.6. The Labute approximate surface area is 291 Å². The number of nitrogens with zero attached hydrogens (tertiary/aromatic N) is 8. The van der Waals surface area contributed by atoms with Crippen LogP contribution in [0.2, 0.25) is 0 Å². The molecule has 1 fully saturated rings. The molecule has 0 radical (unpaired) electrons. The predicted octanol–water partition coefficient (Wildman–Crippen LogP) is 4.14. The van der Waals surface area contributed by atoms with Crippen LogP contribution >= 0.6 is 0 Å². The highest BCUT2D eigenvalue weighted by Gasteiger charge is 2.32. The van der Waals surface area contributed by atoms with Crippen LogP contribution in [0.3, 0.4) is 0 Å². The molecular weight excluding hydrogens is 634 g/mol. The van der Waals surface area contributed by atoms with E-state index >= 15 is 0 Å². The number of imidazole rings is 1. The molecule has 6 rings (SSSR count). The van der Waals surface area contributed by atoms with Crippen molar-refractivity contribution in [3.8, 4) is 0 Å². The first-order chi connectivity index (χ1) is 24.2. The number of rotatable bonds is 15. The van der Waals surface area contributed by atoms with E-state index < -0.39 is 5.91 Å². The second-order valence-electron chi connectivity index (χ2n) is 12.7. The SMILES string of the molecule is CCn1nc(C)c(CCCCCn2nc(C)cc2C(=O)Nc2nc3cc(C(N)=O)ccc3n2CCCN2C3=CC=CCC3NC2=NC)c1C=O. The summed E-state index contributed by atoms with van der Waals surface area (Å²) < 4.78 is 5.47. The number of nitrogens with one attached hydrogen (secondary N) is 2. The Hall–Kier alpha value is -5.53. The molecule has 1 aliphatic heterocycles. The summed E-state index contributed by atoms with van der Waals surface area (Å²) in [6.45, 7) is 8.29. The molecule has 0 spiro atoms. The maximum absolute atomic E-state index is 13.8. The van der Waals surface area contributed by atoms with Crippen LogP contribution in [0.1, 0.15) is 87.3 Å². The van der Waals surface area contributed by atoms with Crippen LogP contribution in [-0.2, 0) is 26.1 Å². The molecule has 14 nitrogen and oxygen atoms in total. The first-order valence-electron chi connectivity index (χ1n) is 17.3. The minimum atomic E-state index is -0.543. The standard InChI is InChI=1S/C36H45N11O3/c1-5-46-32(22-48)26(24(3)43-46)12-7-6-10-19-47-31(20-23(2)42-47)34(50)41-36-40-28-21-25(33(37)49)15-16-30(28)45(36)18-11-17-44-29-14-9-8-13-27(29)39-35(44)38-4/h8-9,14-16,20-22,27H,5-7,10-13,17-19H2,1-4H3,(H2,37,49)(H,38,39)(H,40,41,50). The van der Waals surface area contributed by atoms with Crippen molar-refractivity contribution in [2.75, 3.05) is 18.9 Å². The van der Waals surface area contributed by atoms with Crippen molar-refractivity contribution in [3.05, 3.63) is 82.1 Å². The number of anilines is 1. The van der Waals surface area contributed by atoms with Gasteiger partial charge in [0.2, 0.25) is 11.9 Å². The molecular formula is C36H45N11O3. The van der Waals surface area contributed by atoms with Crippen LogP contribution in [0, 0.1) is 13.8 Å². The number of aliphatic imine (C=N–C) groups is 1. The minimum absolute atomic E-state index is 0.216. The second-order valence-corrected chi connectivity index (χ2v) is 12.7. The summed E-state index contributed by atoms with van der Waals surface area (Å²) in [5.74, 6) is 0.366. The van der Waals surface area contributed by atoms with Gasteiger partial charge in [-0.05, 0) is 83.2 Å². The lowest BCUT2D eigenvalue weighted by Crippen LogP contribution is -2.31. The summed E-state index contributed by atoms with van der Waals surface area (Å²) in [6, 6.07) is 7.15. The molecule has 1 aliphatic carbocycles. The Balaban J connectivity index is 1.15. The number of aromatic nitrogens is 6. The zero-order valence-electron chi connectivity index (χ0n) is 29.1. The van der Waals surface area contributed by atoms with E-state index in [9.17, 15) is 14.4 Å². The van der Waals surface area contributed by atoms with E-state index in [0.717, 1.165) is 73.2 Å². The third kappa shape index (κ3) is 6.96. The lowest BCUT2D eigenvalue weighted by molar-refractivity contribution is 0.0995. The molecule has 0 bridgehead atoms. The molecule has 4 N–H and O–H groups in total. The van der Waals surface area contributed by atoms with Crippen LogP contribution in [0.15, 0.2) is 53.2 Å². The van der Waals surface area contributed by atoms with Gasteiger partial charge in [0.1, 0.15) is 11.4 Å². The Morgan fingerprint density at radius 2 is 1.92 bits per heavy atom. The molecule has 0 saturated carbocycles. The fourth-order valence-corrected chi connectivity index (χ4v) is 6.92. The van der Waals surface area contributed by atoms with E-state index in [0.29, 0.717) is 54.6 Å². The normalized spacial score (nSPS) is 16.2. The number of aldehydes is 1. The van der Waals surface area contributed by atoms with Crippen molar-refractivity contribution in [3.63, 3.8) is 0 Å². The zero-order chi connectivity index (χ0) is 35.4. The number of guanidine groups is 1. The van der Waals surface area contributed by atoms with Crippen molar-refractivity contribution in [1.82, 2.24) is 39.3 Å². The summed E-state index contributed by atoms with van der Waals surface area (Å²) in [7, 11) is 1.79. The number of allylic oxidation sites excluding steroid dienone is 2. The molecule has 4 heterocycles. The molecule has 14 heteroatoms. The summed E-state index contributed by atoms with van der Waals surface area (Å²) in [6.07, 6.45) is 12.3. The molecule has 1 unspecified atom stereocenters. The minimum Gasteiger partial charge on any atom is -0.366 e. The number of nitrogens with two attached hydrogens (primary N) is 1. The molecule has 1 aromatic carbocycles. The fraction of sp³-hybridized carbons (Fsp3) is 0.417. The maximum Gasteiger partial charge on any atom is 0.276 e. The van der Waals surface area contributed by atoms with E-state index in [1.807, 2.05) is 31.4 Å². The smallest absolute Gasteiger partial charge is 0.276 e. The topological polar surface area (TPSA) is 170 Å². The number of aryl methyl sites for hydroxylation is 5. The Morgan fingerprint density at radius 1 is 1.08 bits per heavy atom. The number of unbranched alkanes of at least 4 members (excludes halogenated alkanes) is 2. The summed E-state index contributed by atoms with van der Waals surface area (Å²) in [4.78, 5) is 48.8. The van der Waals surface area contributed by atoms with Crippen molar-refractivity contribution >= 4 is 41.0 Å². The Kier molecular flexibility index (Phi) is 10.3. The Morgan fingerprint density at radius 3 is 2.68 bits per heavy atom. The van der Waals surface area contributed by atoms with E-state index in [1.54, 1.807) is 34.6 Å². The van der Waals surface area contributed by atoms with Gasteiger partial charge in [-0.1, -0.05) is 18.6 Å². The highest BCUT2D eigenvalue weighted by molar-refractivity contribution is 6.03. The van der Waals surface area contributed by atoms with E-state index in [4.69, 9.17) is 10.7 Å². The monoisotopic (exact) mass is 679 g/mol. The number of hydrogen-bond donors (Lipinski definition) is 3. The van der Waals surface area contributed by atoms with Crippen LogP contribution in [0.25, 0.3) is 11.0 Å². The fourth-order valence-electron chi connectivity index (χ4n) is 6.92. The Bertz CT molecular complexity index is 2010. The number of benzene rings is 1. The van der Waals surface area contributed by atoms with Crippen molar-refractivity contribution in [2.24, 2.45) is 10.7 Å². The third-order valence-corrected chi connectivity index (χ3v) is 9.37. The number of hydrogen-bond acceptors (Lipinski definition) is 7. The van der Waals surface area contributed by atoms with Gasteiger partial charge in [-0.2, -0.15) is 10.2 Å². The lowest BCUT2D eigenvalue weighted by Gasteiger charge is -2.21. The lowest BCUT2D eigenvalue weighted by atomic mass is 10.1. The van der Waals surface area contributed by atoms with Gasteiger partial charge < -0.3 is 20.5 Å². The van der Waals surface area contributed by atoms with Crippen molar-refractivity contribution < 1.29 is 14.4 Å². The summed E-state index contributed by atoms with van der Waals surface area (Å²) >= 11 is 0. The first-order valence-corrected chi connectivity index (χ1v) is 17.3. The van der Waals surface area contributed by atoms with Crippen LogP contribution in [0.4, 0.5) is 5.95 Å². The molecule has 1 saturated heterocycles. The van der Waals surface area contributed by atoms with Gasteiger partial charge in [-0.25, -0.2) is 4.98 Å². The molecule has 1 atom stereocenters. The van der Waals surface area contributed by atoms with Crippen LogP contribution < -0.4 is 16.4 Å². The average Bonchev–Trinajstić information content (AvgIpc) is 3.85. The first kappa shape index (κ1) is 34.3. The molecule has 4 aromatic rings. The van der Waals surface area contributed by atoms with Crippen molar-refractivity contribution in [2.45, 2.75) is 85.0 Å². The van der Waals surface area contributed by atoms with Crippen LogP contribution in [-0.4, -0.2) is 77.7 Å². The molecule has 2 aliphatic rings. The molecule has 262 valence electrons. The molecule has 3 aromatic heterocycles. The second kappa shape index (κ2) is 14.9. The van der Waals surface area contributed by atoms with Gasteiger partial charge in [0.25, 0.3) is 5.91 Å². The van der Waals surface area contributed by atoms with Gasteiger partial charge in [0.15, 0.2) is 12.2 Å². The van der Waals surface area contributed by atoms with E-state index in [1.165, 1.54) is 5.70 Å². The summed E-state index contributed by atoms with van der Waals surface area (Å²) in [5.41, 5.74) is 12.2. The van der Waals surface area contributed by atoms with E-state index in [2.05, 4.69) is 49.0 Å². The van der Waals surface area contributed by atoms with Gasteiger partial charge in [0.05, 0.1) is 28.5 Å². The highest BCUT2D eigenvalue weighted by atomic mass is 16.2. The number of carbonyl (C=O) groups excluding carboxylic acids is 3. The number of primary amides is 1. The number of carbonyl (C=O) groups is 3. The third-order valence-electron chi connectivity index (χ3n) is 9.37. The number of amides is 2. The quantitative estimate of drug-likeness (QED) is 0.124. The van der Waals surface area contributed by atoms with Crippen molar-refractivity contribution in [1.29, 1.82) is 0 Å². The van der Waals surface area contributed by atoms with E-state index in [-0.39, 0.29) is 11.9 Å². The van der Waals surface area contributed by atoms with Gasteiger partial charge in [-0.15, -0.1) is 0 Å². The van der Waals surface area contributed by atoms with Gasteiger partial charge in [-0.3, -0.25) is 34.1 Å². The average molecular weight is 680 g/mol. The molecule has 50 heavy (non-hydrogen) atoms. The maximum atomic E-state index is 13.8. The van der Waals surface area contributed by atoms with Gasteiger partial charge >= 0.3 is 0 Å². The molecule has 2 amide bonds. The predicted molar refractivity (Wildman–Crippen MR) is 192 cm³/mol. The highest BCUT2D eigenvalue weighted by Crippen LogP contribution is 2.26. The van der Waals surface area contributed by atoms with Crippen LogP contribution in [0.5, 0.6) is 0 Å². The van der Waals surface area contributed by atoms with Gasteiger partial charge in [0, 0.05) is 50.1 Å².